The molecule has 1 aromatic heterocycles. The summed E-state index contributed by atoms with van der Waals surface area (Å²) in [7, 11) is 2.17. The Hall–Kier alpha value is -1.99. The molecule has 5 nitrogen and oxygen atoms in total. The first kappa shape index (κ1) is 25.7. The first-order valence-corrected chi connectivity index (χ1v) is 14.8. The van der Waals surface area contributed by atoms with Gasteiger partial charge in [0, 0.05) is 30.4 Å². The number of likely N-dealkylation sites (N-methyl/N-ethyl adjacent to an activating group) is 1. The van der Waals surface area contributed by atoms with Crippen LogP contribution < -0.4 is 5.32 Å². The summed E-state index contributed by atoms with van der Waals surface area (Å²) in [6, 6.07) is 13.8. The van der Waals surface area contributed by atoms with Crippen molar-refractivity contribution in [2.75, 3.05) is 58.2 Å². The van der Waals surface area contributed by atoms with Crippen molar-refractivity contribution in [3.63, 3.8) is 0 Å². The molecule has 0 saturated carbocycles. The molecule has 6 heteroatoms. The average molecular weight is 507 g/mol. The summed E-state index contributed by atoms with van der Waals surface area (Å²) in [5.41, 5.74) is 3.99. The minimum atomic E-state index is 0.135. The molecule has 0 unspecified atom stereocenters. The lowest BCUT2D eigenvalue weighted by atomic mass is 9.98. The zero-order chi connectivity index (χ0) is 24.7. The highest BCUT2D eigenvalue weighted by molar-refractivity contribution is 7.19. The molecule has 3 aliphatic heterocycles. The van der Waals surface area contributed by atoms with Crippen LogP contribution in [0.4, 0.5) is 5.00 Å². The standard InChI is InChI=1S/C30H42N4OS/c1-32-20-13-25(14-21-32)24-7-9-26(10-8-24)28-11-12-30(36-28)31-29(35)6-5-17-33-22-15-27(16-23-33)34-18-3-2-4-19-34/h7-13,27H,2-6,14-23H2,1H3,(H,31,35). The zero-order valence-corrected chi connectivity index (χ0v) is 22.7. The third-order valence-electron chi connectivity index (χ3n) is 8.16. The fourth-order valence-corrected chi connectivity index (χ4v) is 6.82. The van der Waals surface area contributed by atoms with E-state index in [4.69, 9.17) is 0 Å². The van der Waals surface area contributed by atoms with Crippen molar-refractivity contribution in [2.45, 2.75) is 57.4 Å². The molecule has 2 saturated heterocycles. The van der Waals surface area contributed by atoms with Gasteiger partial charge in [-0.25, -0.2) is 0 Å². The summed E-state index contributed by atoms with van der Waals surface area (Å²) in [6.07, 6.45) is 11.7. The summed E-state index contributed by atoms with van der Waals surface area (Å²) >= 11 is 1.66. The first-order valence-electron chi connectivity index (χ1n) is 14.0. The van der Waals surface area contributed by atoms with Crippen molar-refractivity contribution < 1.29 is 4.79 Å². The van der Waals surface area contributed by atoms with Gasteiger partial charge in [0.25, 0.3) is 0 Å². The van der Waals surface area contributed by atoms with Gasteiger partial charge in [0.1, 0.15) is 0 Å². The van der Waals surface area contributed by atoms with Crippen molar-refractivity contribution in [2.24, 2.45) is 0 Å². The molecule has 3 aliphatic rings. The van der Waals surface area contributed by atoms with Crippen LogP contribution in [0.1, 0.15) is 56.9 Å². The lowest BCUT2D eigenvalue weighted by Crippen LogP contribution is -2.46. The molecule has 0 spiro atoms. The number of likely N-dealkylation sites (tertiary alicyclic amines) is 2. The average Bonchev–Trinajstić information content (AvgIpc) is 3.38. The SMILES string of the molecule is CN1CC=C(c2ccc(-c3ccc(NC(=O)CCCN4CCC(N5CCCCC5)CC4)s3)cc2)CC1. The lowest BCUT2D eigenvalue weighted by Gasteiger charge is -2.40. The van der Waals surface area contributed by atoms with Crippen LogP contribution in [0.15, 0.2) is 42.5 Å². The van der Waals surface area contributed by atoms with Crippen LogP contribution in [0, 0.1) is 0 Å². The number of piperidine rings is 2. The Labute approximate surface area is 221 Å². The molecular weight excluding hydrogens is 464 g/mol. The van der Waals surface area contributed by atoms with Gasteiger partial charge in [-0.05, 0) is 107 Å². The molecule has 1 aromatic carbocycles. The smallest absolute Gasteiger partial charge is 0.225 e. The van der Waals surface area contributed by atoms with Crippen LogP contribution in [0.5, 0.6) is 0 Å². The fraction of sp³-hybridized carbons (Fsp3) is 0.567. The quantitative estimate of drug-likeness (QED) is 0.491. The maximum absolute atomic E-state index is 12.6. The maximum atomic E-state index is 12.6. The number of nitrogens with zero attached hydrogens (tertiary/aromatic N) is 3. The molecule has 0 radical (unpaired) electrons. The minimum Gasteiger partial charge on any atom is -0.318 e. The number of anilines is 1. The molecule has 0 aliphatic carbocycles. The highest BCUT2D eigenvalue weighted by Crippen LogP contribution is 2.33. The van der Waals surface area contributed by atoms with Crippen molar-refractivity contribution >= 4 is 27.8 Å². The normalized spacial score (nSPS) is 20.9. The summed E-state index contributed by atoms with van der Waals surface area (Å²) < 4.78 is 0. The molecule has 0 bridgehead atoms. The molecule has 2 fully saturated rings. The van der Waals surface area contributed by atoms with E-state index in [1.807, 2.05) is 6.07 Å². The molecule has 4 heterocycles. The molecule has 36 heavy (non-hydrogen) atoms. The van der Waals surface area contributed by atoms with Gasteiger partial charge in [0.2, 0.25) is 5.91 Å². The molecule has 5 rings (SSSR count). The highest BCUT2D eigenvalue weighted by Gasteiger charge is 2.25. The number of benzene rings is 1. The molecule has 1 amide bonds. The van der Waals surface area contributed by atoms with E-state index in [1.165, 1.54) is 79.9 Å². The number of hydrogen-bond donors (Lipinski definition) is 1. The topological polar surface area (TPSA) is 38.8 Å². The second-order valence-electron chi connectivity index (χ2n) is 10.8. The van der Waals surface area contributed by atoms with E-state index >= 15 is 0 Å². The van der Waals surface area contributed by atoms with Gasteiger partial charge >= 0.3 is 0 Å². The van der Waals surface area contributed by atoms with Gasteiger partial charge in [-0.15, -0.1) is 11.3 Å². The van der Waals surface area contributed by atoms with E-state index in [0.29, 0.717) is 6.42 Å². The predicted molar refractivity (Wildman–Crippen MR) is 153 cm³/mol. The number of hydrogen-bond acceptors (Lipinski definition) is 5. The maximum Gasteiger partial charge on any atom is 0.225 e. The molecule has 1 N–H and O–H groups in total. The first-order chi connectivity index (χ1) is 17.6. The summed E-state index contributed by atoms with van der Waals surface area (Å²) in [4.78, 5) is 21.4. The van der Waals surface area contributed by atoms with Crippen LogP contribution in [0.2, 0.25) is 0 Å². The van der Waals surface area contributed by atoms with Gasteiger partial charge < -0.3 is 20.0 Å². The van der Waals surface area contributed by atoms with Crippen molar-refractivity contribution in [3.05, 3.63) is 48.0 Å². The monoisotopic (exact) mass is 506 g/mol. The second-order valence-corrected chi connectivity index (χ2v) is 11.9. The van der Waals surface area contributed by atoms with E-state index in [2.05, 4.69) is 63.5 Å². The fourth-order valence-electron chi connectivity index (χ4n) is 5.90. The van der Waals surface area contributed by atoms with Crippen LogP contribution >= 0.6 is 11.3 Å². The molecule has 0 atom stereocenters. The lowest BCUT2D eigenvalue weighted by molar-refractivity contribution is -0.116. The number of carbonyl (C=O) groups excluding carboxylic acids is 1. The van der Waals surface area contributed by atoms with Gasteiger partial charge in [-0.3, -0.25) is 4.79 Å². The number of carbonyl (C=O) groups is 1. The second kappa shape index (κ2) is 12.5. The Morgan fingerprint density at radius 2 is 1.69 bits per heavy atom. The highest BCUT2D eigenvalue weighted by atomic mass is 32.1. The Kier molecular flexibility index (Phi) is 8.91. The zero-order valence-electron chi connectivity index (χ0n) is 21.9. The number of nitrogens with one attached hydrogen (secondary N) is 1. The van der Waals surface area contributed by atoms with Gasteiger partial charge in [0.05, 0.1) is 5.00 Å². The van der Waals surface area contributed by atoms with Gasteiger partial charge in [-0.1, -0.05) is 36.8 Å². The van der Waals surface area contributed by atoms with Crippen LogP contribution in [0.25, 0.3) is 16.0 Å². The summed E-state index contributed by atoms with van der Waals surface area (Å²) in [5.74, 6) is 0.135. The molecule has 2 aromatic rings. The van der Waals surface area contributed by atoms with Gasteiger partial charge in [0.15, 0.2) is 0 Å². The van der Waals surface area contributed by atoms with Crippen molar-refractivity contribution in [3.8, 4) is 10.4 Å². The van der Waals surface area contributed by atoms with E-state index in [1.54, 1.807) is 11.3 Å². The van der Waals surface area contributed by atoms with E-state index < -0.39 is 0 Å². The third kappa shape index (κ3) is 6.86. The number of rotatable bonds is 8. The Bertz CT molecular complexity index is 1020. The van der Waals surface area contributed by atoms with Crippen molar-refractivity contribution in [1.82, 2.24) is 14.7 Å². The Morgan fingerprint density at radius 3 is 2.42 bits per heavy atom. The third-order valence-corrected chi connectivity index (χ3v) is 9.21. The van der Waals surface area contributed by atoms with E-state index in [0.717, 1.165) is 43.5 Å². The van der Waals surface area contributed by atoms with Crippen LogP contribution in [-0.4, -0.2) is 79.5 Å². The predicted octanol–water partition coefficient (Wildman–Crippen LogP) is 5.80. The number of thiophene rings is 1. The van der Waals surface area contributed by atoms with Crippen molar-refractivity contribution in [1.29, 1.82) is 0 Å². The largest absolute Gasteiger partial charge is 0.318 e. The van der Waals surface area contributed by atoms with Crippen LogP contribution in [0.3, 0.4) is 0 Å². The Morgan fingerprint density at radius 1 is 0.944 bits per heavy atom. The van der Waals surface area contributed by atoms with Crippen LogP contribution in [-0.2, 0) is 4.79 Å². The van der Waals surface area contributed by atoms with E-state index in [9.17, 15) is 4.79 Å². The minimum absolute atomic E-state index is 0.135. The van der Waals surface area contributed by atoms with Gasteiger partial charge in [-0.2, -0.15) is 0 Å². The van der Waals surface area contributed by atoms with E-state index in [-0.39, 0.29) is 5.91 Å². The summed E-state index contributed by atoms with van der Waals surface area (Å²) in [6.45, 7) is 8.16. The Balaban J connectivity index is 1.03. The summed E-state index contributed by atoms with van der Waals surface area (Å²) in [5, 5.41) is 4.07. The number of amides is 1. The molecule has 194 valence electrons. The molecular formula is C30H42N4OS.